The average Bonchev–Trinajstić information content (AvgIpc) is 3.35. The Morgan fingerprint density at radius 1 is 1.08 bits per heavy atom. The van der Waals surface area contributed by atoms with Crippen LogP contribution in [0.3, 0.4) is 0 Å². The number of piperidine rings is 1. The minimum atomic E-state index is -3.70. The van der Waals surface area contributed by atoms with Crippen molar-refractivity contribution in [2.24, 2.45) is 0 Å². The Morgan fingerprint density at radius 2 is 1.81 bits per heavy atom. The SMILES string of the molecule is N#Cc1ccc2n1-c1ccccc1OC21CCN(C(=O)c2ccc(S(=O)(=O)NCCCO)cc2)CC1. The second-order valence-electron chi connectivity index (χ2n) is 8.91. The molecular formula is C26H26N4O5S. The summed E-state index contributed by atoms with van der Waals surface area (Å²) in [5.41, 5.74) is 2.05. The van der Waals surface area contributed by atoms with Crippen LogP contribution in [0.25, 0.3) is 5.69 Å². The van der Waals surface area contributed by atoms with Gasteiger partial charge in [-0.2, -0.15) is 5.26 Å². The van der Waals surface area contributed by atoms with Crippen molar-refractivity contribution < 1.29 is 23.1 Å². The topological polar surface area (TPSA) is 125 Å². The van der Waals surface area contributed by atoms with E-state index in [0.717, 1.165) is 11.4 Å². The van der Waals surface area contributed by atoms with Gasteiger partial charge in [0.2, 0.25) is 10.0 Å². The maximum atomic E-state index is 13.2. The van der Waals surface area contributed by atoms with Gasteiger partial charge in [-0.1, -0.05) is 12.1 Å². The molecule has 0 bridgehead atoms. The second kappa shape index (κ2) is 9.43. The number of hydrogen-bond acceptors (Lipinski definition) is 6. The maximum Gasteiger partial charge on any atom is 0.253 e. The first-order valence-electron chi connectivity index (χ1n) is 11.8. The van der Waals surface area contributed by atoms with Gasteiger partial charge in [0, 0.05) is 44.6 Å². The maximum absolute atomic E-state index is 13.2. The number of benzene rings is 2. The predicted octanol–water partition coefficient (Wildman–Crippen LogP) is 2.53. The first-order valence-corrected chi connectivity index (χ1v) is 13.3. The van der Waals surface area contributed by atoms with Crippen molar-refractivity contribution in [3.8, 4) is 17.5 Å². The summed E-state index contributed by atoms with van der Waals surface area (Å²) in [5, 5.41) is 18.5. The fourth-order valence-corrected chi connectivity index (χ4v) is 5.96. The van der Waals surface area contributed by atoms with E-state index in [1.54, 1.807) is 11.0 Å². The minimum absolute atomic E-state index is 0.0675. The molecule has 36 heavy (non-hydrogen) atoms. The summed E-state index contributed by atoms with van der Waals surface area (Å²) in [7, 11) is -3.70. The van der Waals surface area contributed by atoms with E-state index in [4.69, 9.17) is 9.84 Å². The molecule has 3 aromatic rings. The normalized spacial score (nSPS) is 16.1. The number of nitriles is 1. The molecule has 1 fully saturated rings. The largest absolute Gasteiger partial charge is 0.479 e. The lowest BCUT2D eigenvalue weighted by molar-refractivity contribution is -0.00937. The second-order valence-corrected chi connectivity index (χ2v) is 10.7. The molecule has 1 amide bonds. The summed E-state index contributed by atoms with van der Waals surface area (Å²) in [4.78, 5) is 15.0. The average molecular weight is 507 g/mol. The van der Waals surface area contributed by atoms with Gasteiger partial charge in [0.25, 0.3) is 5.91 Å². The van der Waals surface area contributed by atoms with Gasteiger partial charge in [-0.3, -0.25) is 9.36 Å². The molecule has 0 aliphatic carbocycles. The number of nitrogens with zero attached hydrogens (tertiary/aromatic N) is 3. The number of likely N-dealkylation sites (tertiary alicyclic amines) is 1. The Labute approximate surface area is 209 Å². The molecular weight excluding hydrogens is 480 g/mol. The number of sulfonamides is 1. The molecule has 0 saturated carbocycles. The van der Waals surface area contributed by atoms with Crippen molar-refractivity contribution in [1.29, 1.82) is 5.26 Å². The molecule has 1 spiro atoms. The van der Waals surface area contributed by atoms with Gasteiger partial charge in [-0.15, -0.1) is 0 Å². The standard InChI is InChI=1S/C26H26N4O5S/c27-18-20-8-11-24-26(35-23-5-2-1-4-22(23)30(20)24)12-15-29(16-13-26)25(32)19-6-9-21(10-7-19)36(33,34)28-14-3-17-31/h1-2,4-11,28,31H,3,12-17H2. The minimum Gasteiger partial charge on any atom is -0.479 e. The number of aliphatic hydroxyl groups is 1. The summed E-state index contributed by atoms with van der Waals surface area (Å²) in [6, 6.07) is 19.5. The highest BCUT2D eigenvalue weighted by Gasteiger charge is 2.45. The van der Waals surface area contributed by atoms with Crippen molar-refractivity contribution in [2.75, 3.05) is 26.2 Å². The van der Waals surface area contributed by atoms with Crippen LogP contribution < -0.4 is 9.46 Å². The molecule has 0 radical (unpaired) electrons. The van der Waals surface area contributed by atoms with E-state index in [1.807, 2.05) is 34.9 Å². The van der Waals surface area contributed by atoms with Crippen LogP contribution in [0, 0.1) is 11.3 Å². The first kappa shape index (κ1) is 24.1. The fraction of sp³-hybridized carbons (Fsp3) is 0.308. The lowest BCUT2D eigenvalue weighted by atomic mass is 9.86. The van der Waals surface area contributed by atoms with E-state index in [2.05, 4.69) is 10.8 Å². The Morgan fingerprint density at radius 3 is 2.50 bits per heavy atom. The third-order valence-electron chi connectivity index (χ3n) is 6.77. The quantitative estimate of drug-likeness (QED) is 0.495. The van der Waals surface area contributed by atoms with Crippen molar-refractivity contribution in [2.45, 2.75) is 29.8 Å². The van der Waals surface area contributed by atoms with Crippen LogP contribution in [0.5, 0.6) is 5.75 Å². The zero-order valence-corrected chi connectivity index (χ0v) is 20.4. The molecule has 3 heterocycles. The van der Waals surface area contributed by atoms with Crippen LogP contribution in [-0.2, 0) is 15.6 Å². The summed E-state index contributed by atoms with van der Waals surface area (Å²) in [5.74, 6) is 0.535. The van der Waals surface area contributed by atoms with Crippen LogP contribution in [0.4, 0.5) is 0 Å². The number of aliphatic hydroxyl groups excluding tert-OH is 1. The molecule has 1 aromatic heterocycles. The van der Waals surface area contributed by atoms with Crippen molar-refractivity contribution in [1.82, 2.24) is 14.2 Å². The number of para-hydroxylation sites is 2. The van der Waals surface area contributed by atoms with Crippen LogP contribution in [0.1, 0.15) is 41.0 Å². The lowest BCUT2D eigenvalue weighted by Crippen LogP contribution is -2.50. The zero-order chi connectivity index (χ0) is 25.3. The van der Waals surface area contributed by atoms with Gasteiger partial charge in [0.1, 0.15) is 17.5 Å². The van der Waals surface area contributed by atoms with Gasteiger partial charge < -0.3 is 14.7 Å². The number of rotatable bonds is 6. The number of amides is 1. The summed E-state index contributed by atoms with van der Waals surface area (Å²) in [6.45, 7) is 0.949. The number of carbonyl (C=O) groups is 1. The van der Waals surface area contributed by atoms with Gasteiger partial charge in [-0.05, 0) is 55.0 Å². The molecule has 2 aromatic carbocycles. The van der Waals surface area contributed by atoms with E-state index in [0.29, 0.717) is 49.4 Å². The third-order valence-corrected chi connectivity index (χ3v) is 8.25. The Hall–Kier alpha value is -3.65. The van der Waals surface area contributed by atoms with Gasteiger partial charge in [0.15, 0.2) is 5.60 Å². The number of fused-ring (bicyclic) bond motifs is 4. The van der Waals surface area contributed by atoms with E-state index in [-0.39, 0.29) is 24.0 Å². The summed E-state index contributed by atoms with van der Waals surface area (Å²) < 4.78 is 35.6. The van der Waals surface area contributed by atoms with E-state index in [1.165, 1.54) is 24.3 Å². The van der Waals surface area contributed by atoms with Gasteiger partial charge in [-0.25, -0.2) is 13.1 Å². The number of nitrogens with one attached hydrogen (secondary N) is 1. The van der Waals surface area contributed by atoms with Crippen LogP contribution in [-0.4, -0.2) is 55.1 Å². The van der Waals surface area contributed by atoms with Gasteiger partial charge in [0.05, 0.1) is 16.3 Å². The highest BCUT2D eigenvalue weighted by molar-refractivity contribution is 7.89. The third kappa shape index (κ3) is 4.15. The fourth-order valence-electron chi connectivity index (χ4n) is 4.89. The molecule has 186 valence electrons. The Kier molecular flexibility index (Phi) is 6.30. The van der Waals surface area contributed by atoms with Gasteiger partial charge >= 0.3 is 0 Å². The molecule has 2 aliphatic heterocycles. The molecule has 2 aliphatic rings. The Bertz CT molecular complexity index is 1430. The van der Waals surface area contributed by atoms with Crippen LogP contribution >= 0.6 is 0 Å². The zero-order valence-electron chi connectivity index (χ0n) is 19.6. The van der Waals surface area contributed by atoms with Crippen LogP contribution in [0.15, 0.2) is 65.6 Å². The smallest absolute Gasteiger partial charge is 0.253 e. The predicted molar refractivity (Wildman–Crippen MR) is 131 cm³/mol. The highest BCUT2D eigenvalue weighted by atomic mass is 32.2. The number of aromatic nitrogens is 1. The Balaban J connectivity index is 1.32. The van der Waals surface area contributed by atoms with Crippen molar-refractivity contribution >= 4 is 15.9 Å². The molecule has 2 N–H and O–H groups in total. The lowest BCUT2D eigenvalue weighted by Gasteiger charge is -2.45. The van der Waals surface area contributed by atoms with Crippen LogP contribution in [0.2, 0.25) is 0 Å². The monoisotopic (exact) mass is 506 g/mol. The molecule has 1 saturated heterocycles. The molecule has 5 rings (SSSR count). The van der Waals surface area contributed by atoms with E-state index >= 15 is 0 Å². The molecule has 10 heteroatoms. The van der Waals surface area contributed by atoms with E-state index in [9.17, 15) is 18.5 Å². The number of hydrogen-bond donors (Lipinski definition) is 2. The first-order chi connectivity index (χ1) is 17.4. The summed E-state index contributed by atoms with van der Waals surface area (Å²) in [6.07, 6.45) is 1.44. The summed E-state index contributed by atoms with van der Waals surface area (Å²) >= 11 is 0. The molecule has 9 nitrogen and oxygen atoms in total. The van der Waals surface area contributed by atoms with Crippen molar-refractivity contribution in [3.05, 3.63) is 77.6 Å². The molecule has 0 unspecified atom stereocenters. The number of carbonyl (C=O) groups excluding carboxylic acids is 1. The number of ether oxygens (including phenoxy) is 1. The highest BCUT2D eigenvalue weighted by Crippen LogP contribution is 2.45. The van der Waals surface area contributed by atoms with Crippen molar-refractivity contribution in [3.63, 3.8) is 0 Å². The molecule has 0 atom stereocenters. The van der Waals surface area contributed by atoms with E-state index < -0.39 is 15.6 Å².